The SMILES string of the molecule is COc1cccc(-c2csc(NC(=O)CSc3ccc(NC(=S)Nc4ccccc4)cc3)n2)c1. The lowest BCUT2D eigenvalue weighted by molar-refractivity contribution is -0.113. The molecule has 0 saturated heterocycles. The fraction of sp³-hybridized carbons (Fsp3) is 0.0800. The van der Waals surface area contributed by atoms with Crippen LogP contribution < -0.4 is 20.7 Å². The zero-order valence-corrected chi connectivity index (χ0v) is 20.7. The number of thioether (sulfide) groups is 1. The Morgan fingerprint density at radius 3 is 2.44 bits per heavy atom. The van der Waals surface area contributed by atoms with Crippen molar-refractivity contribution in [2.45, 2.75) is 4.90 Å². The van der Waals surface area contributed by atoms with E-state index in [4.69, 9.17) is 17.0 Å². The van der Waals surface area contributed by atoms with E-state index in [2.05, 4.69) is 20.9 Å². The van der Waals surface area contributed by atoms with E-state index >= 15 is 0 Å². The Morgan fingerprint density at radius 1 is 0.971 bits per heavy atom. The van der Waals surface area contributed by atoms with Crippen LogP contribution in [0.4, 0.5) is 16.5 Å². The van der Waals surface area contributed by atoms with E-state index in [0.29, 0.717) is 10.2 Å². The first-order chi connectivity index (χ1) is 16.6. The van der Waals surface area contributed by atoms with Gasteiger partial charge in [-0.25, -0.2) is 4.98 Å². The molecule has 0 radical (unpaired) electrons. The highest BCUT2D eigenvalue weighted by Gasteiger charge is 2.10. The van der Waals surface area contributed by atoms with Crippen LogP contribution in [0.5, 0.6) is 5.75 Å². The van der Waals surface area contributed by atoms with Crippen LogP contribution >= 0.6 is 35.3 Å². The second kappa shape index (κ2) is 11.6. The Labute approximate surface area is 211 Å². The largest absolute Gasteiger partial charge is 0.497 e. The molecule has 0 atom stereocenters. The normalized spacial score (nSPS) is 10.4. The van der Waals surface area contributed by atoms with Gasteiger partial charge in [0.25, 0.3) is 0 Å². The Morgan fingerprint density at radius 2 is 1.71 bits per heavy atom. The van der Waals surface area contributed by atoms with E-state index in [9.17, 15) is 4.79 Å². The third kappa shape index (κ3) is 6.80. The Kier molecular flexibility index (Phi) is 8.13. The summed E-state index contributed by atoms with van der Waals surface area (Å²) >= 11 is 8.21. The molecule has 1 amide bonds. The summed E-state index contributed by atoms with van der Waals surface area (Å²) in [5, 5.41) is 12.2. The number of carbonyl (C=O) groups is 1. The summed E-state index contributed by atoms with van der Waals surface area (Å²) in [6.07, 6.45) is 0. The molecule has 172 valence electrons. The molecular weight excluding hydrogens is 485 g/mol. The zero-order valence-electron chi connectivity index (χ0n) is 18.3. The summed E-state index contributed by atoms with van der Waals surface area (Å²) in [6, 6.07) is 25.2. The Balaban J connectivity index is 1.25. The van der Waals surface area contributed by atoms with Crippen molar-refractivity contribution in [2.75, 3.05) is 28.8 Å². The molecule has 6 nitrogen and oxygen atoms in total. The predicted molar refractivity (Wildman–Crippen MR) is 146 cm³/mol. The highest BCUT2D eigenvalue weighted by Crippen LogP contribution is 2.28. The molecule has 0 aliphatic heterocycles. The topological polar surface area (TPSA) is 75.3 Å². The van der Waals surface area contributed by atoms with Crippen LogP contribution in [0.25, 0.3) is 11.3 Å². The lowest BCUT2D eigenvalue weighted by Gasteiger charge is -2.11. The summed E-state index contributed by atoms with van der Waals surface area (Å²) in [7, 11) is 1.63. The van der Waals surface area contributed by atoms with Crippen molar-refractivity contribution in [3.63, 3.8) is 0 Å². The average Bonchev–Trinajstić information content (AvgIpc) is 3.32. The van der Waals surface area contributed by atoms with E-state index in [1.165, 1.54) is 23.1 Å². The zero-order chi connectivity index (χ0) is 23.8. The van der Waals surface area contributed by atoms with Crippen LogP contribution in [0.1, 0.15) is 0 Å². The molecule has 1 heterocycles. The number of carbonyl (C=O) groups excluding carboxylic acids is 1. The molecule has 0 fully saturated rings. The number of nitrogens with zero attached hydrogens (tertiary/aromatic N) is 1. The number of thiazole rings is 1. The first-order valence-corrected chi connectivity index (χ1v) is 12.6. The van der Waals surface area contributed by atoms with Crippen LogP contribution in [-0.2, 0) is 4.79 Å². The highest BCUT2D eigenvalue weighted by atomic mass is 32.2. The van der Waals surface area contributed by atoms with Gasteiger partial charge in [0.15, 0.2) is 10.2 Å². The summed E-state index contributed by atoms with van der Waals surface area (Å²) in [6.45, 7) is 0. The molecule has 0 saturated carbocycles. The van der Waals surface area contributed by atoms with Gasteiger partial charge in [-0.05, 0) is 60.7 Å². The van der Waals surface area contributed by atoms with Crippen molar-refractivity contribution in [3.8, 4) is 17.0 Å². The van der Waals surface area contributed by atoms with Crippen molar-refractivity contribution >= 4 is 62.8 Å². The van der Waals surface area contributed by atoms with Crippen molar-refractivity contribution in [2.24, 2.45) is 0 Å². The van der Waals surface area contributed by atoms with E-state index < -0.39 is 0 Å². The number of benzene rings is 3. The number of para-hydroxylation sites is 1. The number of methoxy groups -OCH3 is 1. The standard InChI is InChI=1S/C25H22N4O2S3/c1-31-20-9-5-6-17(14-20)22-15-34-25(28-22)29-23(30)16-33-21-12-10-19(11-13-21)27-24(32)26-18-7-3-2-4-8-18/h2-15H,16H2,1H3,(H2,26,27,32)(H,28,29,30). The highest BCUT2D eigenvalue weighted by molar-refractivity contribution is 8.00. The van der Waals surface area contributed by atoms with Gasteiger partial charge >= 0.3 is 0 Å². The number of anilines is 3. The van der Waals surface area contributed by atoms with Crippen molar-refractivity contribution < 1.29 is 9.53 Å². The Bertz CT molecular complexity index is 1260. The molecule has 34 heavy (non-hydrogen) atoms. The number of ether oxygens (including phenoxy) is 1. The average molecular weight is 507 g/mol. The van der Waals surface area contributed by atoms with Gasteiger partial charge in [0.1, 0.15) is 5.75 Å². The Hall–Kier alpha value is -3.40. The molecule has 0 bridgehead atoms. The van der Waals surface area contributed by atoms with Gasteiger partial charge < -0.3 is 20.7 Å². The van der Waals surface area contributed by atoms with Gasteiger partial charge in [-0.15, -0.1) is 23.1 Å². The van der Waals surface area contributed by atoms with Crippen LogP contribution in [-0.4, -0.2) is 28.9 Å². The van der Waals surface area contributed by atoms with E-state index in [1.807, 2.05) is 84.2 Å². The van der Waals surface area contributed by atoms with Crippen molar-refractivity contribution in [1.82, 2.24) is 4.98 Å². The lowest BCUT2D eigenvalue weighted by atomic mass is 10.2. The second-order valence-electron chi connectivity index (χ2n) is 7.08. The first-order valence-electron chi connectivity index (χ1n) is 10.3. The minimum Gasteiger partial charge on any atom is -0.497 e. The molecule has 0 aliphatic carbocycles. The molecule has 4 rings (SSSR count). The predicted octanol–water partition coefficient (Wildman–Crippen LogP) is 6.36. The molecule has 3 N–H and O–H groups in total. The number of hydrogen-bond acceptors (Lipinski definition) is 6. The fourth-order valence-electron chi connectivity index (χ4n) is 3.00. The molecule has 9 heteroatoms. The number of rotatable bonds is 8. The minimum atomic E-state index is -0.105. The number of aromatic nitrogens is 1. The minimum absolute atomic E-state index is 0.105. The number of thiocarbonyl (C=S) groups is 1. The molecule has 3 aromatic carbocycles. The van der Waals surface area contributed by atoms with Gasteiger partial charge in [0.05, 0.1) is 18.6 Å². The lowest BCUT2D eigenvalue weighted by Crippen LogP contribution is -2.18. The summed E-state index contributed by atoms with van der Waals surface area (Å²) in [5.41, 5.74) is 3.54. The summed E-state index contributed by atoms with van der Waals surface area (Å²) < 4.78 is 5.26. The van der Waals surface area contributed by atoms with Crippen LogP contribution in [0.2, 0.25) is 0 Å². The smallest absolute Gasteiger partial charge is 0.236 e. The maximum Gasteiger partial charge on any atom is 0.236 e. The molecule has 0 unspecified atom stereocenters. The number of nitrogens with one attached hydrogen (secondary N) is 3. The van der Waals surface area contributed by atoms with Gasteiger partial charge in [0.2, 0.25) is 5.91 Å². The molecule has 4 aromatic rings. The van der Waals surface area contributed by atoms with Crippen molar-refractivity contribution in [1.29, 1.82) is 0 Å². The summed E-state index contributed by atoms with van der Waals surface area (Å²) in [4.78, 5) is 17.9. The third-order valence-corrected chi connectivity index (χ3v) is 6.60. The third-order valence-electron chi connectivity index (χ3n) is 4.63. The van der Waals surface area contributed by atoms with Gasteiger partial charge in [-0.3, -0.25) is 4.79 Å². The monoisotopic (exact) mass is 506 g/mol. The number of amides is 1. The van der Waals surface area contributed by atoms with Crippen LogP contribution in [0.3, 0.4) is 0 Å². The molecule has 0 spiro atoms. The fourth-order valence-corrected chi connectivity index (χ4v) is 4.67. The number of hydrogen-bond donors (Lipinski definition) is 3. The van der Waals surface area contributed by atoms with Gasteiger partial charge in [-0.2, -0.15) is 0 Å². The maximum atomic E-state index is 12.4. The van der Waals surface area contributed by atoms with E-state index in [-0.39, 0.29) is 11.7 Å². The van der Waals surface area contributed by atoms with Gasteiger partial charge in [0, 0.05) is 27.2 Å². The molecular formula is C25H22N4O2S3. The van der Waals surface area contributed by atoms with Crippen LogP contribution in [0, 0.1) is 0 Å². The van der Waals surface area contributed by atoms with Crippen molar-refractivity contribution in [3.05, 3.63) is 84.2 Å². The van der Waals surface area contributed by atoms with E-state index in [1.54, 1.807) is 7.11 Å². The molecule has 1 aromatic heterocycles. The first kappa shape index (κ1) is 23.7. The van der Waals surface area contributed by atoms with E-state index in [0.717, 1.165) is 33.3 Å². The van der Waals surface area contributed by atoms with Gasteiger partial charge in [-0.1, -0.05) is 30.3 Å². The maximum absolute atomic E-state index is 12.4. The van der Waals surface area contributed by atoms with Crippen LogP contribution in [0.15, 0.2) is 89.1 Å². The second-order valence-corrected chi connectivity index (χ2v) is 9.39. The summed E-state index contributed by atoms with van der Waals surface area (Å²) in [5.74, 6) is 0.949. The molecule has 0 aliphatic rings. The quantitative estimate of drug-likeness (QED) is 0.190.